The molecule has 0 saturated heterocycles. The normalized spacial score (nSPS) is 11.9. The highest BCUT2D eigenvalue weighted by Gasteiger charge is 2.24. The number of hydrogen-bond donors (Lipinski definition) is 1. The number of rotatable bonds is 15. The Bertz CT molecular complexity index is 1460. The molecule has 3 aromatic carbocycles. The van der Waals surface area contributed by atoms with Crippen LogP contribution in [0.4, 0.5) is 10.5 Å². The van der Waals surface area contributed by atoms with Crippen LogP contribution in [0, 0.1) is 0 Å². The van der Waals surface area contributed by atoms with Gasteiger partial charge in [0.2, 0.25) is 10.0 Å². The summed E-state index contributed by atoms with van der Waals surface area (Å²) >= 11 is 0. The quantitative estimate of drug-likeness (QED) is 0.161. The van der Waals surface area contributed by atoms with E-state index in [1.807, 2.05) is 73.4 Å². The van der Waals surface area contributed by atoms with Crippen molar-refractivity contribution in [3.05, 3.63) is 66.2 Å². The van der Waals surface area contributed by atoms with Crippen LogP contribution in [0.25, 0.3) is 10.8 Å². The Morgan fingerprint density at radius 1 is 0.905 bits per heavy atom. The van der Waals surface area contributed by atoms with Crippen LogP contribution >= 0.6 is 0 Å². The highest BCUT2D eigenvalue weighted by Crippen LogP contribution is 2.31. The van der Waals surface area contributed by atoms with Gasteiger partial charge in [-0.15, -0.1) is 0 Å². The Kier molecular flexibility index (Phi) is 12.1. The molecule has 0 saturated carbocycles. The molecule has 0 heterocycles. The van der Waals surface area contributed by atoms with Gasteiger partial charge in [0.1, 0.15) is 12.4 Å². The van der Waals surface area contributed by atoms with Crippen molar-refractivity contribution in [1.29, 1.82) is 0 Å². The van der Waals surface area contributed by atoms with E-state index in [-0.39, 0.29) is 24.7 Å². The summed E-state index contributed by atoms with van der Waals surface area (Å²) in [5.74, 6) is 0.683. The lowest BCUT2D eigenvalue weighted by molar-refractivity contribution is 0.109. The average Bonchev–Trinajstić information content (AvgIpc) is 2.97. The van der Waals surface area contributed by atoms with E-state index in [2.05, 4.69) is 5.10 Å². The molecule has 0 fully saturated rings. The van der Waals surface area contributed by atoms with Crippen molar-refractivity contribution in [2.45, 2.75) is 11.3 Å². The second-order valence-electron chi connectivity index (χ2n) is 10.0. The molecule has 42 heavy (non-hydrogen) atoms. The minimum atomic E-state index is -3.84. The first-order chi connectivity index (χ1) is 20.0. The molecular formula is C30H41N5O6S. The number of aliphatic hydroxyl groups excluding tert-OH is 1. The van der Waals surface area contributed by atoms with Crippen LogP contribution in [0.2, 0.25) is 0 Å². The van der Waals surface area contributed by atoms with E-state index in [4.69, 9.17) is 14.6 Å². The van der Waals surface area contributed by atoms with Crippen LogP contribution in [0.15, 0.2) is 70.7 Å². The maximum Gasteiger partial charge on any atom is 0.430 e. The van der Waals surface area contributed by atoms with Crippen LogP contribution in [-0.4, -0.2) is 115 Å². The standard InChI is InChI=1S/C30H41N5O6S/c1-32(2)28-14-7-13-27-26(28)12-8-15-29(27)42(38,39)34(4)18-21-41-30(37)35(5)31-23-24-10-6-11-25(22-24)40-20-9-16-33(3)17-19-36/h6-8,10-15,22-23,36H,9,16-21H2,1-5H3/b31-23+. The molecule has 0 unspecified atom stereocenters. The summed E-state index contributed by atoms with van der Waals surface area (Å²) in [6.45, 7) is 1.94. The van der Waals surface area contributed by atoms with Gasteiger partial charge in [-0.2, -0.15) is 9.41 Å². The van der Waals surface area contributed by atoms with E-state index >= 15 is 0 Å². The summed E-state index contributed by atoms with van der Waals surface area (Å²) in [5, 5.41) is 15.6. The van der Waals surface area contributed by atoms with E-state index in [0.29, 0.717) is 24.3 Å². The topological polar surface area (TPSA) is 115 Å². The predicted molar refractivity (Wildman–Crippen MR) is 166 cm³/mol. The highest BCUT2D eigenvalue weighted by molar-refractivity contribution is 7.89. The van der Waals surface area contributed by atoms with E-state index in [1.54, 1.807) is 18.2 Å². The molecule has 3 rings (SSSR count). The number of ether oxygens (including phenoxy) is 2. The molecule has 1 N–H and O–H groups in total. The lowest BCUT2D eigenvalue weighted by Gasteiger charge is -2.20. The number of benzene rings is 3. The van der Waals surface area contributed by atoms with Gasteiger partial charge in [-0.3, -0.25) is 0 Å². The largest absolute Gasteiger partial charge is 0.494 e. The monoisotopic (exact) mass is 599 g/mol. The van der Waals surface area contributed by atoms with Gasteiger partial charge in [-0.05, 0) is 43.3 Å². The van der Waals surface area contributed by atoms with Crippen molar-refractivity contribution in [2.24, 2.45) is 5.10 Å². The molecule has 0 aliphatic rings. The van der Waals surface area contributed by atoms with Crippen molar-refractivity contribution in [3.8, 4) is 5.75 Å². The second-order valence-corrected chi connectivity index (χ2v) is 12.0. The Morgan fingerprint density at radius 2 is 1.62 bits per heavy atom. The minimum absolute atomic E-state index is 0.0233. The smallest absolute Gasteiger partial charge is 0.430 e. The molecule has 0 aromatic heterocycles. The van der Waals surface area contributed by atoms with Gasteiger partial charge in [0.25, 0.3) is 0 Å². The van der Waals surface area contributed by atoms with Gasteiger partial charge >= 0.3 is 6.09 Å². The summed E-state index contributed by atoms with van der Waals surface area (Å²) in [6.07, 6.45) is 1.62. The van der Waals surface area contributed by atoms with E-state index in [0.717, 1.165) is 34.6 Å². The number of anilines is 1. The number of sulfonamides is 1. The number of carbonyl (C=O) groups is 1. The average molecular weight is 600 g/mol. The Hall–Kier alpha value is -3.71. The first-order valence-electron chi connectivity index (χ1n) is 13.7. The van der Waals surface area contributed by atoms with Crippen LogP contribution in [0.1, 0.15) is 12.0 Å². The summed E-state index contributed by atoms with van der Waals surface area (Å²) in [6, 6.07) is 18.1. The van der Waals surface area contributed by atoms with Crippen LogP contribution in [0.3, 0.4) is 0 Å². The first kappa shape index (κ1) is 32.8. The minimum Gasteiger partial charge on any atom is -0.494 e. The number of amides is 1. The molecule has 228 valence electrons. The van der Waals surface area contributed by atoms with Crippen LogP contribution < -0.4 is 9.64 Å². The maximum absolute atomic E-state index is 13.4. The van der Waals surface area contributed by atoms with E-state index in [9.17, 15) is 13.2 Å². The van der Waals surface area contributed by atoms with Crippen molar-refractivity contribution in [2.75, 3.05) is 79.6 Å². The highest BCUT2D eigenvalue weighted by atomic mass is 32.2. The zero-order valence-corrected chi connectivity index (χ0v) is 25.7. The molecule has 0 aliphatic heterocycles. The molecule has 0 aliphatic carbocycles. The number of nitrogens with zero attached hydrogens (tertiary/aromatic N) is 5. The van der Waals surface area contributed by atoms with Crippen molar-refractivity contribution in [1.82, 2.24) is 14.2 Å². The zero-order chi connectivity index (χ0) is 30.7. The number of hydrogen-bond acceptors (Lipinski definition) is 9. The molecule has 0 atom stereocenters. The fourth-order valence-electron chi connectivity index (χ4n) is 4.21. The van der Waals surface area contributed by atoms with Gasteiger partial charge in [0.05, 0.1) is 24.3 Å². The molecule has 11 nitrogen and oxygen atoms in total. The summed E-state index contributed by atoms with van der Waals surface area (Å²) in [4.78, 5) is 16.6. The third-order valence-electron chi connectivity index (χ3n) is 6.60. The van der Waals surface area contributed by atoms with Gasteiger partial charge in [-0.1, -0.05) is 36.4 Å². The third-order valence-corrected chi connectivity index (χ3v) is 8.51. The zero-order valence-electron chi connectivity index (χ0n) is 24.9. The van der Waals surface area contributed by atoms with Gasteiger partial charge < -0.3 is 24.4 Å². The van der Waals surface area contributed by atoms with Crippen molar-refractivity contribution < 1.29 is 27.8 Å². The molecule has 0 spiro atoms. The number of carbonyl (C=O) groups excluding carboxylic acids is 1. The molecule has 0 radical (unpaired) electrons. The number of fused-ring (bicyclic) bond motifs is 1. The number of hydrazone groups is 1. The molecular weight excluding hydrogens is 558 g/mol. The molecule has 1 amide bonds. The molecule has 12 heteroatoms. The number of likely N-dealkylation sites (N-methyl/N-ethyl adjacent to an activating group) is 2. The predicted octanol–water partition coefficient (Wildman–Crippen LogP) is 3.32. The Morgan fingerprint density at radius 3 is 2.36 bits per heavy atom. The lowest BCUT2D eigenvalue weighted by Crippen LogP contribution is -2.32. The number of aliphatic hydroxyl groups is 1. The van der Waals surface area contributed by atoms with E-state index < -0.39 is 16.1 Å². The SMILES string of the molecule is CN(CCO)CCCOc1cccc(/C=N/N(C)C(=O)OCCN(C)S(=O)(=O)c2cccc3c(N(C)C)cccc23)c1. The second kappa shape index (κ2) is 15.5. The summed E-state index contributed by atoms with van der Waals surface area (Å²) < 4.78 is 39.0. The van der Waals surface area contributed by atoms with Gasteiger partial charge in [-0.25, -0.2) is 18.2 Å². The molecule has 3 aromatic rings. The summed E-state index contributed by atoms with van der Waals surface area (Å²) in [7, 11) is 4.85. The Labute approximate surface area is 248 Å². The Balaban J connectivity index is 1.52. The fraction of sp³-hybridized carbons (Fsp3) is 0.400. The fourth-order valence-corrected chi connectivity index (χ4v) is 5.57. The first-order valence-corrected chi connectivity index (χ1v) is 15.1. The lowest BCUT2D eigenvalue weighted by atomic mass is 10.1. The van der Waals surface area contributed by atoms with Gasteiger partial charge in [0.15, 0.2) is 0 Å². The summed E-state index contributed by atoms with van der Waals surface area (Å²) in [5.41, 5.74) is 1.66. The third kappa shape index (κ3) is 8.89. The van der Waals surface area contributed by atoms with Gasteiger partial charge in [0, 0.05) is 64.3 Å². The van der Waals surface area contributed by atoms with Crippen LogP contribution in [-0.2, 0) is 14.8 Å². The maximum atomic E-state index is 13.4. The van der Waals surface area contributed by atoms with Crippen LogP contribution in [0.5, 0.6) is 5.75 Å². The van der Waals surface area contributed by atoms with E-state index in [1.165, 1.54) is 24.6 Å². The van der Waals surface area contributed by atoms with Crippen molar-refractivity contribution >= 4 is 38.8 Å². The molecule has 0 bridgehead atoms. The van der Waals surface area contributed by atoms with Crippen molar-refractivity contribution in [3.63, 3.8) is 0 Å².